The quantitative estimate of drug-likeness (QED) is 0.668. The van der Waals surface area contributed by atoms with Gasteiger partial charge >= 0.3 is 5.97 Å². The second-order valence-electron chi connectivity index (χ2n) is 4.08. The molecule has 2 rings (SSSR count). The molecule has 21 heavy (non-hydrogen) atoms. The van der Waals surface area contributed by atoms with E-state index < -0.39 is 21.8 Å². The van der Waals surface area contributed by atoms with Crippen LogP contribution in [-0.2, 0) is 14.8 Å². The molecule has 0 saturated carbocycles. The lowest BCUT2D eigenvalue weighted by Gasteiger charge is -2.04. The molecule has 0 amide bonds. The molecule has 0 radical (unpaired) electrons. The van der Waals surface area contributed by atoms with Gasteiger partial charge in [0.15, 0.2) is 5.78 Å². The lowest BCUT2D eigenvalue weighted by atomic mass is 10.2. The highest BCUT2D eigenvalue weighted by Crippen LogP contribution is 2.15. The Morgan fingerprint density at radius 3 is 2.33 bits per heavy atom. The minimum absolute atomic E-state index is 0.0898. The summed E-state index contributed by atoms with van der Waals surface area (Å²) in [6.45, 7) is 0. The minimum Gasteiger partial charge on any atom is -0.478 e. The van der Waals surface area contributed by atoms with Crippen molar-refractivity contribution < 1.29 is 23.1 Å². The smallest absolute Gasteiger partial charge is 0.328 e. The molecule has 108 valence electrons. The normalized spacial score (nSPS) is 11.6. The molecule has 7 heteroatoms. The van der Waals surface area contributed by atoms with E-state index >= 15 is 0 Å². The second-order valence-corrected chi connectivity index (χ2v) is 5.93. The van der Waals surface area contributed by atoms with E-state index in [0.29, 0.717) is 6.08 Å². The van der Waals surface area contributed by atoms with Crippen LogP contribution in [0.1, 0.15) is 10.4 Å². The first-order chi connectivity index (χ1) is 9.91. The Balaban J connectivity index is 2.32. The van der Waals surface area contributed by atoms with Gasteiger partial charge in [0.05, 0.1) is 4.90 Å². The highest BCUT2D eigenvalue weighted by atomic mass is 32.2. The van der Waals surface area contributed by atoms with Crippen LogP contribution in [0.15, 0.2) is 65.8 Å². The molecule has 0 aliphatic heterocycles. The summed E-state index contributed by atoms with van der Waals surface area (Å²) in [6, 6.07) is 9.09. The van der Waals surface area contributed by atoms with Gasteiger partial charge < -0.3 is 5.11 Å². The van der Waals surface area contributed by atoms with E-state index in [1.807, 2.05) is 0 Å². The maximum absolute atomic E-state index is 12.3. The summed E-state index contributed by atoms with van der Waals surface area (Å²) < 4.78 is 25.5. The van der Waals surface area contributed by atoms with Crippen LogP contribution in [0.25, 0.3) is 0 Å². The van der Waals surface area contributed by atoms with Gasteiger partial charge in [-0.25, -0.2) is 17.2 Å². The minimum atomic E-state index is -3.76. The van der Waals surface area contributed by atoms with Crippen LogP contribution in [0.2, 0.25) is 0 Å². The fourth-order valence-corrected chi connectivity index (χ4v) is 2.85. The van der Waals surface area contributed by atoms with Gasteiger partial charge in [-0.2, -0.15) is 0 Å². The number of hydrogen-bond acceptors (Lipinski definition) is 4. The summed E-state index contributed by atoms with van der Waals surface area (Å²) in [5.41, 5.74) is 0.0898. The van der Waals surface area contributed by atoms with E-state index in [1.165, 1.54) is 24.4 Å². The van der Waals surface area contributed by atoms with Gasteiger partial charge in [0.25, 0.3) is 10.0 Å². The topological polar surface area (TPSA) is 93.4 Å². The van der Waals surface area contributed by atoms with Gasteiger partial charge in [0, 0.05) is 24.0 Å². The molecule has 6 nitrogen and oxygen atoms in total. The number of allylic oxidation sites excluding steroid dienone is 1. The molecular weight excluding hydrogens is 294 g/mol. The van der Waals surface area contributed by atoms with Crippen molar-refractivity contribution in [1.29, 1.82) is 0 Å². The zero-order chi connectivity index (χ0) is 15.5. The molecular formula is C14H11NO5S. The van der Waals surface area contributed by atoms with Crippen molar-refractivity contribution in [3.05, 3.63) is 66.5 Å². The standard InChI is InChI=1S/C14H11NO5S/c16-13(6-7-14(17)18)11-8-9-15(10-11)21(19,20)12-4-2-1-3-5-12/h1-10H,(H,17,18)/b7-6+. The summed E-state index contributed by atoms with van der Waals surface area (Å²) in [6.07, 6.45) is 3.96. The molecule has 0 saturated heterocycles. The Morgan fingerprint density at radius 2 is 1.71 bits per heavy atom. The van der Waals surface area contributed by atoms with Crippen LogP contribution in [0, 0.1) is 0 Å². The summed E-state index contributed by atoms with van der Waals surface area (Å²) in [7, 11) is -3.76. The number of carboxylic acid groups (broad SMARTS) is 1. The van der Waals surface area contributed by atoms with Crippen molar-refractivity contribution in [1.82, 2.24) is 3.97 Å². The predicted octanol–water partition coefficient (Wildman–Crippen LogP) is 1.55. The number of nitrogens with zero attached hydrogens (tertiary/aromatic N) is 1. The van der Waals surface area contributed by atoms with Crippen LogP contribution >= 0.6 is 0 Å². The van der Waals surface area contributed by atoms with E-state index in [0.717, 1.165) is 16.2 Å². The molecule has 1 heterocycles. The lowest BCUT2D eigenvalue weighted by Crippen LogP contribution is -2.10. The molecule has 0 aliphatic carbocycles. The highest BCUT2D eigenvalue weighted by molar-refractivity contribution is 7.90. The van der Waals surface area contributed by atoms with Gasteiger partial charge in [-0.15, -0.1) is 0 Å². The number of hydrogen-bond donors (Lipinski definition) is 1. The molecule has 0 aliphatic rings. The number of rotatable bonds is 5. The first-order valence-electron chi connectivity index (χ1n) is 5.85. The fourth-order valence-electron chi connectivity index (χ4n) is 1.63. The van der Waals surface area contributed by atoms with Crippen molar-refractivity contribution in [2.45, 2.75) is 4.90 Å². The first kappa shape index (κ1) is 14.7. The Kier molecular flexibility index (Phi) is 4.04. The zero-order valence-corrected chi connectivity index (χ0v) is 11.5. The van der Waals surface area contributed by atoms with Gasteiger partial charge in [0.2, 0.25) is 0 Å². The molecule has 0 fully saturated rings. The van der Waals surface area contributed by atoms with Crippen LogP contribution in [0.3, 0.4) is 0 Å². The highest BCUT2D eigenvalue weighted by Gasteiger charge is 2.17. The fraction of sp³-hybridized carbons (Fsp3) is 0. The van der Waals surface area contributed by atoms with E-state index in [2.05, 4.69) is 0 Å². The van der Waals surface area contributed by atoms with Gasteiger partial charge in [-0.1, -0.05) is 18.2 Å². The number of aliphatic carboxylic acids is 1. The molecule has 0 atom stereocenters. The van der Waals surface area contributed by atoms with Crippen molar-refractivity contribution in [3.63, 3.8) is 0 Å². The van der Waals surface area contributed by atoms with Crippen LogP contribution < -0.4 is 0 Å². The Labute approximate surface area is 121 Å². The maximum Gasteiger partial charge on any atom is 0.328 e. The number of carbonyl (C=O) groups is 2. The molecule has 0 spiro atoms. The molecule has 0 bridgehead atoms. The van der Waals surface area contributed by atoms with Crippen molar-refractivity contribution in [2.75, 3.05) is 0 Å². The van der Waals surface area contributed by atoms with Gasteiger partial charge in [-0.3, -0.25) is 4.79 Å². The summed E-state index contributed by atoms with van der Waals surface area (Å²) in [4.78, 5) is 22.1. The first-order valence-corrected chi connectivity index (χ1v) is 7.29. The van der Waals surface area contributed by atoms with E-state index in [-0.39, 0.29) is 10.5 Å². The molecule has 0 unspecified atom stereocenters. The van der Waals surface area contributed by atoms with Crippen LogP contribution in [-0.4, -0.2) is 29.2 Å². The third-order valence-corrected chi connectivity index (χ3v) is 4.30. The third kappa shape index (κ3) is 3.26. The average molecular weight is 305 g/mol. The van der Waals surface area contributed by atoms with Gasteiger partial charge in [0.1, 0.15) is 0 Å². The lowest BCUT2D eigenvalue weighted by molar-refractivity contribution is -0.131. The zero-order valence-electron chi connectivity index (χ0n) is 10.7. The number of aromatic nitrogens is 1. The average Bonchev–Trinajstić information content (AvgIpc) is 2.96. The predicted molar refractivity (Wildman–Crippen MR) is 74.6 cm³/mol. The summed E-state index contributed by atoms with van der Waals surface area (Å²) >= 11 is 0. The molecule has 1 aromatic carbocycles. The second kappa shape index (κ2) is 5.76. The van der Waals surface area contributed by atoms with Crippen molar-refractivity contribution in [2.24, 2.45) is 0 Å². The van der Waals surface area contributed by atoms with Crippen molar-refractivity contribution in [3.8, 4) is 0 Å². The van der Waals surface area contributed by atoms with Crippen LogP contribution in [0.5, 0.6) is 0 Å². The molecule has 2 aromatic rings. The molecule has 1 aromatic heterocycles. The Hall–Kier alpha value is -2.67. The number of benzene rings is 1. The van der Waals surface area contributed by atoms with Crippen LogP contribution in [0.4, 0.5) is 0 Å². The maximum atomic E-state index is 12.3. The van der Waals surface area contributed by atoms with E-state index in [9.17, 15) is 18.0 Å². The largest absolute Gasteiger partial charge is 0.478 e. The number of carboxylic acids is 1. The summed E-state index contributed by atoms with van der Waals surface area (Å²) in [5.74, 6) is -1.83. The number of carbonyl (C=O) groups excluding carboxylic acids is 1. The van der Waals surface area contributed by atoms with E-state index in [4.69, 9.17) is 5.11 Å². The number of ketones is 1. The monoisotopic (exact) mass is 305 g/mol. The molecule has 1 N–H and O–H groups in total. The third-order valence-electron chi connectivity index (χ3n) is 2.65. The Bertz CT molecular complexity index is 803. The van der Waals surface area contributed by atoms with E-state index in [1.54, 1.807) is 18.2 Å². The summed E-state index contributed by atoms with van der Waals surface area (Å²) in [5, 5.41) is 8.45. The SMILES string of the molecule is O=C(O)/C=C/C(=O)c1ccn(S(=O)(=O)c2ccccc2)c1. The Morgan fingerprint density at radius 1 is 1.05 bits per heavy atom. The van der Waals surface area contributed by atoms with Gasteiger partial charge in [-0.05, 0) is 24.3 Å². The van der Waals surface area contributed by atoms with Crippen molar-refractivity contribution >= 4 is 21.8 Å².